The highest BCUT2D eigenvalue weighted by Gasteiger charge is 2.69. The van der Waals surface area contributed by atoms with Crippen molar-refractivity contribution in [1.29, 1.82) is 0 Å². The summed E-state index contributed by atoms with van der Waals surface area (Å²) < 4.78 is 92.2. The van der Waals surface area contributed by atoms with Crippen LogP contribution in [0.15, 0.2) is 12.2 Å². The number of carbonyl (C=O) groups is 2. The lowest BCUT2D eigenvalue weighted by molar-refractivity contribution is -0.294. The van der Waals surface area contributed by atoms with Crippen LogP contribution < -0.4 is 0 Å². The minimum atomic E-state index is -5.26. The molecule has 164 valence electrons. The molecular formula is C18H20F6O5. The van der Waals surface area contributed by atoms with Crippen molar-refractivity contribution in [2.24, 2.45) is 5.92 Å². The van der Waals surface area contributed by atoms with Crippen molar-refractivity contribution in [1.82, 2.24) is 0 Å². The molecule has 4 bridgehead atoms. The second-order valence-corrected chi connectivity index (χ2v) is 8.58. The average molecular weight is 430 g/mol. The number of carbonyl (C=O) groups excluding carboxylic acids is 2. The minimum Gasteiger partial charge on any atom is -0.452 e. The zero-order valence-corrected chi connectivity index (χ0v) is 15.5. The van der Waals surface area contributed by atoms with Crippen molar-refractivity contribution in [3.63, 3.8) is 0 Å². The van der Waals surface area contributed by atoms with Crippen LogP contribution >= 0.6 is 0 Å². The number of esters is 2. The monoisotopic (exact) mass is 430 g/mol. The largest absolute Gasteiger partial charge is 0.490 e. The number of hydrogen-bond donors (Lipinski definition) is 0. The van der Waals surface area contributed by atoms with Gasteiger partial charge in [-0.15, -0.1) is 0 Å². The van der Waals surface area contributed by atoms with E-state index in [1.807, 2.05) is 0 Å². The van der Waals surface area contributed by atoms with Gasteiger partial charge in [-0.1, -0.05) is 12.2 Å². The van der Waals surface area contributed by atoms with Crippen LogP contribution in [0.1, 0.15) is 45.4 Å². The maximum atomic E-state index is 12.8. The van der Waals surface area contributed by atoms with Gasteiger partial charge in [-0.25, -0.2) is 9.59 Å². The standard InChI is InChI=1S/C18H20F6O5/c1-10(2)6-27-14-3-11-4-15(7-14,28-12(25)17(19,20)21)9-16(5-11,8-14)29-13(26)18(22,23)24/h11H,1,3-9H2,2H3. The molecule has 29 heavy (non-hydrogen) atoms. The van der Waals surface area contributed by atoms with Crippen LogP contribution in [0, 0.1) is 5.92 Å². The number of hydrogen-bond acceptors (Lipinski definition) is 5. The fourth-order valence-electron chi connectivity index (χ4n) is 5.35. The van der Waals surface area contributed by atoms with Gasteiger partial charge >= 0.3 is 24.3 Å². The van der Waals surface area contributed by atoms with Gasteiger partial charge in [-0.3, -0.25) is 0 Å². The Morgan fingerprint density at radius 2 is 1.24 bits per heavy atom. The van der Waals surface area contributed by atoms with Crippen LogP contribution in [0.4, 0.5) is 26.3 Å². The van der Waals surface area contributed by atoms with Crippen molar-refractivity contribution < 1.29 is 50.1 Å². The average Bonchev–Trinajstić information content (AvgIpc) is 2.49. The van der Waals surface area contributed by atoms with Crippen molar-refractivity contribution in [2.45, 2.75) is 74.6 Å². The predicted molar refractivity (Wildman–Crippen MR) is 84.4 cm³/mol. The first-order chi connectivity index (χ1) is 13.1. The highest BCUT2D eigenvalue weighted by molar-refractivity contribution is 5.77. The summed E-state index contributed by atoms with van der Waals surface area (Å²) in [4.78, 5) is 23.0. The van der Waals surface area contributed by atoms with E-state index in [4.69, 9.17) is 14.2 Å². The van der Waals surface area contributed by atoms with Crippen molar-refractivity contribution in [3.8, 4) is 0 Å². The fourth-order valence-corrected chi connectivity index (χ4v) is 5.35. The van der Waals surface area contributed by atoms with Crippen LogP contribution in [-0.4, -0.2) is 47.7 Å². The Kier molecular flexibility index (Phi) is 5.00. The quantitative estimate of drug-likeness (QED) is 0.375. The summed E-state index contributed by atoms with van der Waals surface area (Å²) in [5.74, 6) is -5.27. The van der Waals surface area contributed by atoms with Crippen LogP contribution in [0.2, 0.25) is 0 Å². The molecule has 0 aliphatic heterocycles. The topological polar surface area (TPSA) is 61.8 Å². The first-order valence-electron chi connectivity index (χ1n) is 8.97. The summed E-state index contributed by atoms with van der Waals surface area (Å²) in [6.07, 6.45) is -10.7. The molecule has 0 aromatic rings. The van der Waals surface area contributed by atoms with E-state index in [0.717, 1.165) is 0 Å². The molecule has 4 aliphatic carbocycles. The molecule has 4 rings (SSSR count). The third-order valence-electron chi connectivity index (χ3n) is 5.62. The van der Waals surface area contributed by atoms with Crippen LogP contribution in [0.3, 0.4) is 0 Å². The molecule has 0 heterocycles. The number of ether oxygens (including phenoxy) is 3. The van der Waals surface area contributed by atoms with E-state index in [9.17, 15) is 35.9 Å². The molecule has 2 atom stereocenters. The number of alkyl halides is 6. The SMILES string of the molecule is C=C(C)COC12CC3CC(OC(=O)C(F)(F)F)(C1)CC(OC(=O)C(F)(F)F)(C3)C2. The Labute approximate surface area is 162 Å². The lowest BCUT2D eigenvalue weighted by Gasteiger charge is -2.64. The summed E-state index contributed by atoms with van der Waals surface area (Å²) in [6, 6.07) is 0. The third kappa shape index (κ3) is 4.39. The van der Waals surface area contributed by atoms with Gasteiger partial charge in [0.05, 0.1) is 12.2 Å². The van der Waals surface area contributed by atoms with Gasteiger partial charge in [0, 0.05) is 19.3 Å². The molecule has 0 aromatic heterocycles. The second-order valence-electron chi connectivity index (χ2n) is 8.58. The van der Waals surface area contributed by atoms with Crippen LogP contribution in [-0.2, 0) is 23.8 Å². The zero-order chi connectivity index (χ0) is 21.9. The molecular weight excluding hydrogens is 410 g/mol. The van der Waals surface area contributed by atoms with Gasteiger partial charge < -0.3 is 14.2 Å². The van der Waals surface area contributed by atoms with Gasteiger partial charge in [-0.05, 0) is 32.1 Å². The van der Waals surface area contributed by atoms with E-state index >= 15 is 0 Å². The Bertz CT molecular complexity index is 683. The molecule has 4 fully saturated rings. The van der Waals surface area contributed by atoms with Gasteiger partial charge in [0.25, 0.3) is 0 Å². The van der Waals surface area contributed by atoms with Crippen LogP contribution in [0.5, 0.6) is 0 Å². The first-order valence-corrected chi connectivity index (χ1v) is 8.97. The summed E-state index contributed by atoms with van der Waals surface area (Å²) in [6.45, 7) is 5.35. The molecule has 2 unspecified atom stereocenters. The summed E-state index contributed by atoms with van der Waals surface area (Å²) in [7, 11) is 0. The molecule has 0 aromatic carbocycles. The maximum Gasteiger partial charge on any atom is 0.490 e. The smallest absolute Gasteiger partial charge is 0.452 e. The van der Waals surface area contributed by atoms with Crippen molar-refractivity contribution in [2.75, 3.05) is 6.61 Å². The van der Waals surface area contributed by atoms with E-state index in [-0.39, 0.29) is 32.3 Å². The van der Waals surface area contributed by atoms with Gasteiger partial charge in [0.15, 0.2) is 0 Å². The molecule has 4 saturated carbocycles. The van der Waals surface area contributed by atoms with Gasteiger partial charge in [0.1, 0.15) is 11.2 Å². The Hall–Kier alpha value is -1.78. The highest BCUT2D eigenvalue weighted by Crippen LogP contribution is 2.63. The summed E-state index contributed by atoms with van der Waals surface area (Å²) in [5.41, 5.74) is -4.00. The van der Waals surface area contributed by atoms with E-state index in [0.29, 0.717) is 12.0 Å². The summed E-state index contributed by atoms with van der Waals surface area (Å²) in [5, 5.41) is 0. The number of halogens is 6. The van der Waals surface area contributed by atoms with E-state index < -0.39 is 53.4 Å². The van der Waals surface area contributed by atoms with Crippen molar-refractivity contribution in [3.05, 3.63) is 12.2 Å². The molecule has 11 heteroatoms. The Morgan fingerprint density at radius 3 is 1.62 bits per heavy atom. The fraction of sp³-hybridized carbons (Fsp3) is 0.778. The van der Waals surface area contributed by atoms with Crippen LogP contribution in [0.25, 0.3) is 0 Å². The molecule has 0 N–H and O–H groups in total. The second kappa shape index (κ2) is 6.61. The third-order valence-corrected chi connectivity index (χ3v) is 5.62. The van der Waals surface area contributed by atoms with E-state index in [1.165, 1.54) is 0 Å². The lowest BCUT2D eigenvalue weighted by Crippen LogP contribution is -2.69. The normalized spacial score (nSPS) is 36.0. The first kappa shape index (κ1) is 21.9. The van der Waals surface area contributed by atoms with Gasteiger partial charge in [-0.2, -0.15) is 26.3 Å². The zero-order valence-electron chi connectivity index (χ0n) is 15.5. The molecule has 0 spiro atoms. The van der Waals surface area contributed by atoms with Gasteiger partial charge in [0.2, 0.25) is 0 Å². The van der Waals surface area contributed by atoms with E-state index in [1.54, 1.807) is 6.92 Å². The minimum absolute atomic E-state index is 0.0271. The highest BCUT2D eigenvalue weighted by atomic mass is 19.4. The Balaban J connectivity index is 1.94. The molecule has 5 nitrogen and oxygen atoms in total. The molecule has 0 saturated heterocycles. The molecule has 0 radical (unpaired) electrons. The predicted octanol–water partition coefficient (Wildman–Crippen LogP) is 4.00. The van der Waals surface area contributed by atoms with E-state index in [2.05, 4.69) is 6.58 Å². The maximum absolute atomic E-state index is 12.8. The number of rotatable bonds is 5. The molecule has 0 amide bonds. The lowest BCUT2D eigenvalue weighted by atomic mass is 9.50. The Morgan fingerprint density at radius 1 is 0.862 bits per heavy atom. The summed E-state index contributed by atoms with van der Waals surface area (Å²) >= 11 is 0. The molecule has 4 aliphatic rings. The van der Waals surface area contributed by atoms with Crippen molar-refractivity contribution >= 4 is 11.9 Å².